The van der Waals surface area contributed by atoms with E-state index in [0.29, 0.717) is 12.3 Å². The number of carbonyl (C=O) groups is 4. The molecule has 0 bridgehead atoms. The van der Waals surface area contributed by atoms with Gasteiger partial charge in [-0.25, -0.2) is 9.59 Å². The van der Waals surface area contributed by atoms with Gasteiger partial charge in [0.05, 0.1) is 25.1 Å². The van der Waals surface area contributed by atoms with E-state index in [0.717, 1.165) is 6.42 Å². The molecule has 9 nitrogen and oxygen atoms in total. The minimum Gasteiger partial charge on any atom is -0.481 e. The minimum absolute atomic E-state index is 0.168. The summed E-state index contributed by atoms with van der Waals surface area (Å²) in [6.07, 6.45) is -10.1. The normalized spacial score (nSPS) is 13.6. The Hall–Kier alpha value is -2.42. The molecule has 0 aromatic carbocycles. The van der Waals surface area contributed by atoms with Crippen LogP contribution in [0.25, 0.3) is 0 Å². The van der Waals surface area contributed by atoms with Crippen molar-refractivity contribution >= 4 is 23.8 Å². The first-order valence-corrected chi connectivity index (χ1v) is 8.20. The van der Waals surface area contributed by atoms with Crippen LogP contribution in [-0.4, -0.2) is 65.1 Å². The van der Waals surface area contributed by atoms with Gasteiger partial charge < -0.3 is 26.0 Å². The summed E-state index contributed by atoms with van der Waals surface area (Å²) in [5, 5.41) is 20.1. The quantitative estimate of drug-likeness (QED) is 0.238. The molecule has 176 valence electrons. The molecule has 1 amide bonds. The van der Waals surface area contributed by atoms with Crippen molar-refractivity contribution in [2.45, 2.75) is 57.5 Å². The number of esters is 2. The highest BCUT2D eigenvalue weighted by molar-refractivity contribution is 5.90. The average molecular weight is 456 g/mol. The monoisotopic (exact) mass is 456 g/mol. The average Bonchev–Trinajstić information content (AvgIpc) is 2.56. The zero-order valence-corrected chi connectivity index (χ0v) is 15.8. The number of hydrogen-bond acceptors (Lipinski definition) is 7. The van der Waals surface area contributed by atoms with Crippen molar-refractivity contribution in [1.82, 2.24) is 5.32 Å². The maximum absolute atomic E-state index is 11.5. The lowest BCUT2D eigenvalue weighted by molar-refractivity contribution is -0.221. The zero-order chi connectivity index (χ0) is 24.3. The van der Waals surface area contributed by atoms with Crippen LogP contribution in [0.2, 0.25) is 0 Å². The number of aliphatic carboxylic acids is 1. The Morgan fingerprint density at radius 1 is 0.967 bits per heavy atom. The fourth-order valence-electron chi connectivity index (χ4n) is 1.53. The molecule has 0 fully saturated rings. The molecule has 0 aromatic rings. The van der Waals surface area contributed by atoms with E-state index in [-0.39, 0.29) is 12.6 Å². The lowest BCUT2D eigenvalue weighted by atomic mass is 10.0. The maximum Gasteiger partial charge on any atom is 0.491 e. The number of aliphatic hydroxyl groups is 1. The van der Waals surface area contributed by atoms with Crippen molar-refractivity contribution in [2.75, 3.05) is 6.61 Å². The zero-order valence-electron chi connectivity index (χ0n) is 15.8. The first-order valence-electron chi connectivity index (χ1n) is 8.20. The van der Waals surface area contributed by atoms with Gasteiger partial charge in [0.25, 0.3) is 0 Å². The number of carbonyl (C=O) groups excluding carboxylic acids is 3. The SMILES string of the molecule is CC(C)CCC(CO)NC(=O)[C@@H](N)CC(=O)O.O=C(OC(=O)C(F)(F)F)C(F)(F)F. The Bertz CT molecular complexity index is 569. The number of carboxylic acid groups (broad SMARTS) is 1. The summed E-state index contributed by atoms with van der Waals surface area (Å²) in [6.45, 7) is 3.93. The Kier molecular flexibility index (Phi) is 12.9. The van der Waals surface area contributed by atoms with Gasteiger partial charge in [-0.05, 0) is 18.8 Å². The maximum atomic E-state index is 11.5. The Morgan fingerprint density at radius 2 is 1.40 bits per heavy atom. The summed E-state index contributed by atoms with van der Waals surface area (Å²) in [5.41, 5.74) is 5.40. The summed E-state index contributed by atoms with van der Waals surface area (Å²) >= 11 is 0. The predicted molar refractivity (Wildman–Crippen MR) is 86.5 cm³/mol. The molecule has 0 aliphatic rings. The number of amides is 1. The number of halogens is 6. The second kappa shape index (κ2) is 13.0. The predicted octanol–water partition coefficient (Wildman–Crippen LogP) is 0.882. The van der Waals surface area contributed by atoms with Gasteiger partial charge in [-0.3, -0.25) is 9.59 Å². The van der Waals surface area contributed by atoms with Crippen LogP contribution < -0.4 is 11.1 Å². The first-order chi connectivity index (χ1) is 13.4. The van der Waals surface area contributed by atoms with Crippen molar-refractivity contribution in [3.63, 3.8) is 0 Å². The third-order valence-electron chi connectivity index (χ3n) is 3.04. The molecule has 0 heterocycles. The second-order valence-corrected chi connectivity index (χ2v) is 6.24. The van der Waals surface area contributed by atoms with E-state index < -0.39 is 48.6 Å². The van der Waals surface area contributed by atoms with E-state index in [1.807, 2.05) is 13.8 Å². The molecule has 5 N–H and O–H groups in total. The number of aliphatic hydroxyl groups excluding tert-OH is 1. The molecule has 0 aliphatic heterocycles. The Balaban J connectivity index is 0. The van der Waals surface area contributed by atoms with E-state index in [1.165, 1.54) is 0 Å². The van der Waals surface area contributed by atoms with Crippen LogP contribution in [0.15, 0.2) is 0 Å². The van der Waals surface area contributed by atoms with Crippen LogP contribution in [0.3, 0.4) is 0 Å². The van der Waals surface area contributed by atoms with Gasteiger partial charge >= 0.3 is 30.3 Å². The van der Waals surface area contributed by atoms with Crippen molar-refractivity contribution in [1.29, 1.82) is 0 Å². The number of ether oxygens (including phenoxy) is 1. The topological polar surface area (TPSA) is 156 Å². The van der Waals surface area contributed by atoms with Gasteiger partial charge in [-0.2, -0.15) is 26.3 Å². The fraction of sp³-hybridized carbons (Fsp3) is 0.733. The molecule has 2 atom stereocenters. The number of rotatable bonds is 8. The number of nitrogens with two attached hydrogens (primary N) is 1. The lowest BCUT2D eigenvalue weighted by Gasteiger charge is -2.19. The Labute approximate surface area is 166 Å². The highest BCUT2D eigenvalue weighted by atomic mass is 19.4. The summed E-state index contributed by atoms with van der Waals surface area (Å²) in [7, 11) is 0. The van der Waals surface area contributed by atoms with E-state index >= 15 is 0 Å². The molecule has 0 saturated carbocycles. The molecule has 15 heteroatoms. The summed E-state index contributed by atoms with van der Waals surface area (Å²) in [5.74, 6) is -7.57. The summed E-state index contributed by atoms with van der Waals surface area (Å²) in [4.78, 5) is 41.2. The third-order valence-corrected chi connectivity index (χ3v) is 3.04. The van der Waals surface area contributed by atoms with Crippen LogP contribution >= 0.6 is 0 Å². The highest BCUT2D eigenvalue weighted by Gasteiger charge is 2.49. The van der Waals surface area contributed by atoms with Gasteiger partial charge in [0.1, 0.15) is 0 Å². The summed E-state index contributed by atoms with van der Waals surface area (Å²) in [6, 6.07) is -1.43. The van der Waals surface area contributed by atoms with Crippen molar-refractivity contribution in [3.05, 3.63) is 0 Å². The Morgan fingerprint density at radius 3 is 1.70 bits per heavy atom. The lowest BCUT2D eigenvalue weighted by Crippen LogP contribution is -2.47. The third kappa shape index (κ3) is 14.6. The molecule has 1 unspecified atom stereocenters. The van der Waals surface area contributed by atoms with E-state index in [9.17, 15) is 45.5 Å². The first kappa shape index (κ1) is 29.8. The molecule has 0 aliphatic carbocycles. The van der Waals surface area contributed by atoms with Crippen LogP contribution in [0.5, 0.6) is 0 Å². The van der Waals surface area contributed by atoms with Crippen molar-refractivity contribution in [3.8, 4) is 0 Å². The molecule has 0 spiro atoms. The van der Waals surface area contributed by atoms with Gasteiger partial charge in [0.2, 0.25) is 5.91 Å². The number of carboxylic acids is 1. The van der Waals surface area contributed by atoms with Gasteiger partial charge in [0, 0.05) is 0 Å². The summed E-state index contributed by atoms with van der Waals surface area (Å²) < 4.78 is 69.7. The molecule has 0 rings (SSSR count). The van der Waals surface area contributed by atoms with Crippen LogP contribution in [0.4, 0.5) is 26.3 Å². The van der Waals surface area contributed by atoms with Crippen molar-refractivity contribution in [2.24, 2.45) is 11.7 Å². The number of nitrogens with one attached hydrogen (secondary N) is 1. The van der Waals surface area contributed by atoms with Crippen LogP contribution in [0.1, 0.15) is 33.1 Å². The smallest absolute Gasteiger partial charge is 0.481 e. The number of hydrogen-bond donors (Lipinski definition) is 4. The minimum atomic E-state index is -5.62. The van der Waals surface area contributed by atoms with Crippen LogP contribution in [0, 0.1) is 5.92 Å². The van der Waals surface area contributed by atoms with Crippen LogP contribution in [-0.2, 0) is 23.9 Å². The standard InChI is InChI=1S/C11H22N2O4.C4F6O3/c1-7(2)3-4-8(6-14)13-11(17)9(12)5-10(15)16;5-3(6,7)1(11)13-2(12)4(8,9)10/h7-9,14H,3-6,12H2,1-2H3,(H,13,17)(H,15,16);/t8?,9-;/m0./s1. The van der Waals surface area contributed by atoms with Gasteiger partial charge in [-0.15, -0.1) is 0 Å². The second-order valence-electron chi connectivity index (χ2n) is 6.24. The molecular formula is C15H22F6N2O7. The molecule has 0 aromatic heterocycles. The fourth-order valence-corrected chi connectivity index (χ4v) is 1.53. The molecule has 0 saturated heterocycles. The van der Waals surface area contributed by atoms with Crippen molar-refractivity contribution < 1.29 is 60.5 Å². The van der Waals surface area contributed by atoms with E-state index in [1.54, 1.807) is 0 Å². The largest absolute Gasteiger partial charge is 0.491 e. The molecular weight excluding hydrogens is 434 g/mol. The molecule has 30 heavy (non-hydrogen) atoms. The number of alkyl halides is 6. The highest BCUT2D eigenvalue weighted by Crippen LogP contribution is 2.21. The van der Waals surface area contributed by atoms with Gasteiger partial charge in [0.15, 0.2) is 0 Å². The molecule has 0 radical (unpaired) electrons. The van der Waals surface area contributed by atoms with E-state index in [2.05, 4.69) is 10.1 Å². The van der Waals surface area contributed by atoms with Gasteiger partial charge in [-0.1, -0.05) is 13.8 Å². The van der Waals surface area contributed by atoms with E-state index in [4.69, 9.17) is 15.9 Å².